The third-order valence-electron chi connectivity index (χ3n) is 3.29. The second-order valence-electron chi connectivity index (χ2n) is 4.50. The molecule has 2 aromatic heterocycles. The van der Waals surface area contributed by atoms with Gasteiger partial charge in [0.1, 0.15) is 0 Å². The number of halogens is 1. The molecule has 0 spiro atoms. The van der Waals surface area contributed by atoms with Gasteiger partial charge in [-0.2, -0.15) is 0 Å². The molecule has 4 rings (SSSR count). The van der Waals surface area contributed by atoms with Gasteiger partial charge in [0.2, 0.25) is 0 Å². The van der Waals surface area contributed by atoms with Crippen LogP contribution in [-0.4, -0.2) is 19.6 Å². The smallest absolute Gasteiger partial charge is 0.198 e. The maximum absolute atomic E-state index is 6.02. The fraction of sp³-hybridized carbons (Fsp3) is 0. The average Bonchev–Trinajstić information content (AvgIpc) is 2.92. The Morgan fingerprint density at radius 1 is 0.950 bits per heavy atom. The summed E-state index contributed by atoms with van der Waals surface area (Å²) in [7, 11) is 0. The molecule has 0 bridgehead atoms. The van der Waals surface area contributed by atoms with Crippen molar-refractivity contribution in [1.82, 2.24) is 19.6 Å². The number of benzene rings is 2. The van der Waals surface area contributed by atoms with Crippen LogP contribution in [0.5, 0.6) is 0 Å². The predicted molar refractivity (Wildman–Crippen MR) is 78.7 cm³/mol. The molecule has 0 aliphatic heterocycles. The number of aromatic nitrogens is 4. The third kappa shape index (κ3) is 1.66. The maximum atomic E-state index is 6.02. The lowest BCUT2D eigenvalue weighted by Gasteiger charge is -2.02. The van der Waals surface area contributed by atoms with Gasteiger partial charge in [-0.25, -0.2) is 4.98 Å². The third-order valence-corrected chi connectivity index (χ3v) is 3.56. The van der Waals surface area contributed by atoms with Crippen LogP contribution in [0, 0.1) is 0 Å². The summed E-state index contributed by atoms with van der Waals surface area (Å²) in [4.78, 5) is 4.01. The van der Waals surface area contributed by atoms with Crippen molar-refractivity contribution in [3.8, 4) is 11.4 Å². The van der Waals surface area contributed by atoms with Crippen molar-refractivity contribution in [1.29, 1.82) is 0 Å². The van der Waals surface area contributed by atoms with Crippen LogP contribution >= 0.6 is 11.6 Å². The molecule has 0 saturated carbocycles. The van der Waals surface area contributed by atoms with Crippen LogP contribution in [0.15, 0.2) is 54.9 Å². The largest absolute Gasteiger partial charge is 0.278 e. The van der Waals surface area contributed by atoms with E-state index in [1.54, 1.807) is 6.20 Å². The van der Waals surface area contributed by atoms with Gasteiger partial charge in [0, 0.05) is 18.0 Å². The second kappa shape index (κ2) is 4.28. The summed E-state index contributed by atoms with van der Waals surface area (Å²) < 4.78 is 1.85. The fourth-order valence-electron chi connectivity index (χ4n) is 2.32. The number of nitrogens with zero attached hydrogens (tertiary/aromatic N) is 4. The Hall–Kier alpha value is -2.46. The van der Waals surface area contributed by atoms with Crippen molar-refractivity contribution in [2.24, 2.45) is 0 Å². The van der Waals surface area contributed by atoms with E-state index in [0.29, 0.717) is 10.8 Å². The number of fused-ring (bicyclic) bond motifs is 2. The summed E-state index contributed by atoms with van der Waals surface area (Å²) in [6.07, 6.45) is 3.45. The lowest BCUT2D eigenvalue weighted by Crippen LogP contribution is -1.91. The standard InChI is InChI=1S/C15H9ClN4/c16-13-15-19-18-14(20(15)8-7-17-13)12-6-5-10-3-1-2-4-11(10)9-12/h1-9H. The van der Waals surface area contributed by atoms with E-state index in [4.69, 9.17) is 11.6 Å². The van der Waals surface area contributed by atoms with Crippen molar-refractivity contribution in [2.45, 2.75) is 0 Å². The van der Waals surface area contributed by atoms with Gasteiger partial charge in [0.15, 0.2) is 16.6 Å². The molecule has 0 atom stereocenters. The molecule has 0 amide bonds. The molecule has 2 heterocycles. The quantitative estimate of drug-likeness (QED) is 0.535. The maximum Gasteiger partial charge on any atom is 0.198 e. The zero-order valence-electron chi connectivity index (χ0n) is 10.4. The van der Waals surface area contributed by atoms with E-state index >= 15 is 0 Å². The lowest BCUT2D eigenvalue weighted by molar-refractivity contribution is 1.11. The Kier molecular flexibility index (Phi) is 2.44. The van der Waals surface area contributed by atoms with Crippen molar-refractivity contribution in [3.63, 3.8) is 0 Å². The molecule has 0 N–H and O–H groups in total. The first-order valence-corrected chi connectivity index (χ1v) is 6.55. The van der Waals surface area contributed by atoms with Crippen LogP contribution in [0.3, 0.4) is 0 Å². The molecule has 5 heteroatoms. The van der Waals surface area contributed by atoms with Crippen LogP contribution in [0.4, 0.5) is 0 Å². The Balaban J connectivity index is 1.99. The van der Waals surface area contributed by atoms with Crippen LogP contribution in [0.1, 0.15) is 0 Å². The Labute approximate surface area is 119 Å². The first-order chi connectivity index (χ1) is 9.83. The van der Waals surface area contributed by atoms with Crippen molar-refractivity contribution < 1.29 is 0 Å². The van der Waals surface area contributed by atoms with E-state index in [9.17, 15) is 0 Å². The molecule has 4 nitrogen and oxygen atoms in total. The summed E-state index contributed by atoms with van der Waals surface area (Å²) in [5.74, 6) is 0.759. The molecule has 0 aliphatic rings. The molecule has 0 saturated heterocycles. The van der Waals surface area contributed by atoms with E-state index in [1.807, 2.05) is 28.8 Å². The van der Waals surface area contributed by atoms with Crippen LogP contribution < -0.4 is 0 Å². The van der Waals surface area contributed by atoms with Crippen LogP contribution in [0.2, 0.25) is 5.15 Å². The first-order valence-electron chi connectivity index (χ1n) is 6.17. The fourth-order valence-corrected chi connectivity index (χ4v) is 2.51. The van der Waals surface area contributed by atoms with E-state index in [0.717, 1.165) is 11.4 Å². The highest BCUT2D eigenvalue weighted by molar-refractivity contribution is 6.32. The summed E-state index contributed by atoms with van der Waals surface area (Å²) in [6.45, 7) is 0. The Morgan fingerprint density at radius 2 is 1.80 bits per heavy atom. The zero-order valence-corrected chi connectivity index (χ0v) is 11.1. The van der Waals surface area contributed by atoms with Crippen molar-refractivity contribution in [2.75, 3.05) is 0 Å². The molecule has 0 aliphatic carbocycles. The molecule has 0 radical (unpaired) electrons. The summed E-state index contributed by atoms with van der Waals surface area (Å²) in [5.41, 5.74) is 1.57. The summed E-state index contributed by atoms with van der Waals surface area (Å²) in [6, 6.07) is 14.4. The highest BCUT2D eigenvalue weighted by Gasteiger charge is 2.11. The van der Waals surface area contributed by atoms with Crippen LogP contribution in [0.25, 0.3) is 27.8 Å². The molecule has 96 valence electrons. The minimum absolute atomic E-state index is 0.354. The SMILES string of the molecule is Clc1nccn2c(-c3ccc4ccccc4c3)nnc12. The monoisotopic (exact) mass is 280 g/mol. The van der Waals surface area contributed by atoms with E-state index in [2.05, 4.69) is 39.4 Å². The van der Waals surface area contributed by atoms with Gasteiger partial charge in [-0.3, -0.25) is 4.40 Å². The Morgan fingerprint density at radius 3 is 2.70 bits per heavy atom. The first kappa shape index (κ1) is 11.4. The second-order valence-corrected chi connectivity index (χ2v) is 4.86. The van der Waals surface area contributed by atoms with Crippen LogP contribution in [-0.2, 0) is 0 Å². The van der Waals surface area contributed by atoms with Gasteiger partial charge in [0.05, 0.1) is 0 Å². The molecule has 0 fully saturated rings. The normalized spacial score (nSPS) is 11.2. The highest BCUT2D eigenvalue weighted by Crippen LogP contribution is 2.24. The van der Waals surface area contributed by atoms with Gasteiger partial charge < -0.3 is 0 Å². The van der Waals surface area contributed by atoms with E-state index < -0.39 is 0 Å². The van der Waals surface area contributed by atoms with Gasteiger partial charge >= 0.3 is 0 Å². The van der Waals surface area contributed by atoms with E-state index in [1.165, 1.54) is 10.8 Å². The number of rotatable bonds is 1. The molecule has 2 aromatic carbocycles. The number of hydrogen-bond donors (Lipinski definition) is 0. The molecular formula is C15H9ClN4. The summed E-state index contributed by atoms with van der Waals surface area (Å²) in [5, 5.41) is 11.0. The molecule has 0 unspecified atom stereocenters. The van der Waals surface area contributed by atoms with Gasteiger partial charge in [-0.15, -0.1) is 10.2 Å². The molecule has 20 heavy (non-hydrogen) atoms. The van der Waals surface area contributed by atoms with Gasteiger partial charge in [-0.1, -0.05) is 48.0 Å². The van der Waals surface area contributed by atoms with E-state index in [-0.39, 0.29) is 0 Å². The molecular weight excluding hydrogens is 272 g/mol. The van der Waals surface area contributed by atoms with Crippen molar-refractivity contribution in [3.05, 3.63) is 60.0 Å². The predicted octanol–water partition coefficient (Wildman–Crippen LogP) is 3.60. The molecule has 4 aromatic rings. The van der Waals surface area contributed by atoms with Gasteiger partial charge in [0.25, 0.3) is 0 Å². The topological polar surface area (TPSA) is 43.1 Å². The minimum atomic E-state index is 0.354. The highest BCUT2D eigenvalue weighted by atomic mass is 35.5. The minimum Gasteiger partial charge on any atom is -0.278 e. The zero-order chi connectivity index (χ0) is 13.5. The van der Waals surface area contributed by atoms with Crippen molar-refractivity contribution >= 4 is 28.0 Å². The Bertz CT molecular complexity index is 929. The lowest BCUT2D eigenvalue weighted by atomic mass is 10.1. The van der Waals surface area contributed by atoms with Gasteiger partial charge in [-0.05, 0) is 16.8 Å². The summed E-state index contributed by atoms with van der Waals surface area (Å²) >= 11 is 6.02. The number of hydrogen-bond acceptors (Lipinski definition) is 3. The average molecular weight is 281 g/mol.